The number of fused-ring (bicyclic) bond motifs is 7. The lowest BCUT2D eigenvalue weighted by Crippen LogP contribution is -2.64. The summed E-state index contributed by atoms with van der Waals surface area (Å²) in [7, 11) is 0. The van der Waals surface area contributed by atoms with Gasteiger partial charge in [0.25, 0.3) is 0 Å². The van der Waals surface area contributed by atoms with E-state index in [9.17, 15) is 14.7 Å². The first-order valence-corrected chi connectivity index (χ1v) is 16.7. The summed E-state index contributed by atoms with van der Waals surface area (Å²) in [6.45, 7) is 20.1. The van der Waals surface area contributed by atoms with E-state index < -0.39 is 11.9 Å². The zero-order valence-electron chi connectivity index (χ0n) is 27.4. The van der Waals surface area contributed by atoms with Gasteiger partial charge >= 0.3 is 11.9 Å². The number of carbonyl (C=O) groups is 2. The highest BCUT2D eigenvalue weighted by atomic mass is 16.5. The fraction of sp³-hybridized carbons (Fsp3) is 0.737. The predicted molar refractivity (Wildman–Crippen MR) is 167 cm³/mol. The van der Waals surface area contributed by atoms with Gasteiger partial charge < -0.3 is 9.84 Å². The number of aromatic carboxylic acids is 1. The monoisotopic (exact) mass is 574 g/mol. The van der Waals surface area contributed by atoms with Crippen molar-refractivity contribution >= 4 is 11.9 Å². The molecule has 1 aromatic rings. The van der Waals surface area contributed by atoms with Gasteiger partial charge in [0.2, 0.25) is 0 Å². The third-order valence-corrected chi connectivity index (χ3v) is 14.6. The molecule has 0 aliphatic heterocycles. The van der Waals surface area contributed by atoms with Gasteiger partial charge in [-0.1, -0.05) is 79.2 Å². The maximum Gasteiger partial charge on any atom is 0.339 e. The second-order valence-electron chi connectivity index (χ2n) is 17.5. The van der Waals surface area contributed by atoms with Crippen LogP contribution in [0.2, 0.25) is 0 Å². The number of rotatable bonds is 3. The Morgan fingerprint density at radius 1 is 0.810 bits per heavy atom. The highest BCUT2D eigenvalue weighted by Gasteiger charge is 2.68. The van der Waals surface area contributed by atoms with Gasteiger partial charge in [0.05, 0.1) is 11.1 Å². The normalized spacial score (nSPS) is 43.5. The first kappa shape index (κ1) is 29.9. The Kier molecular flexibility index (Phi) is 6.74. The van der Waals surface area contributed by atoms with E-state index in [1.807, 2.05) is 5.57 Å². The molecule has 6 rings (SSSR count). The Balaban J connectivity index is 1.29. The van der Waals surface area contributed by atoms with E-state index in [1.165, 1.54) is 51.0 Å². The highest BCUT2D eigenvalue weighted by Crippen LogP contribution is 2.75. The Hall–Kier alpha value is -2.10. The molecule has 4 saturated carbocycles. The van der Waals surface area contributed by atoms with Gasteiger partial charge in [-0.05, 0) is 121 Å². The summed E-state index contributed by atoms with van der Waals surface area (Å²) in [5.74, 6) is 0.174. The Morgan fingerprint density at radius 2 is 1.48 bits per heavy atom. The van der Waals surface area contributed by atoms with Crippen LogP contribution in [-0.4, -0.2) is 23.1 Å². The quantitative estimate of drug-likeness (QED) is 0.288. The van der Waals surface area contributed by atoms with Gasteiger partial charge in [-0.2, -0.15) is 0 Å². The molecule has 0 unspecified atom stereocenters. The van der Waals surface area contributed by atoms with Crippen LogP contribution in [0.1, 0.15) is 140 Å². The number of allylic oxidation sites excluding steroid dienone is 2. The van der Waals surface area contributed by atoms with E-state index in [-0.39, 0.29) is 38.9 Å². The van der Waals surface area contributed by atoms with Crippen LogP contribution < -0.4 is 0 Å². The maximum absolute atomic E-state index is 13.3. The molecule has 1 N–H and O–H groups in total. The first-order valence-electron chi connectivity index (χ1n) is 16.7. The largest absolute Gasteiger partial charge is 0.478 e. The van der Waals surface area contributed by atoms with Gasteiger partial charge in [0.1, 0.15) is 6.10 Å². The molecule has 0 saturated heterocycles. The second-order valence-corrected chi connectivity index (χ2v) is 17.5. The smallest absolute Gasteiger partial charge is 0.339 e. The van der Waals surface area contributed by atoms with Gasteiger partial charge in [0.15, 0.2) is 0 Å². The molecule has 0 radical (unpaired) electrons. The minimum atomic E-state index is -1.09. The number of esters is 1. The third kappa shape index (κ3) is 4.12. The average molecular weight is 575 g/mol. The van der Waals surface area contributed by atoms with E-state index in [4.69, 9.17) is 4.74 Å². The first-order chi connectivity index (χ1) is 19.5. The molecule has 5 aliphatic carbocycles. The molecule has 1 aromatic carbocycles. The van der Waals surface area contributed by atoms with Crippen LogP contribution in [0.5, 0.6) is 0 Å². The van der Waals surface area contributed by atoms with Gasteiger partial charge in [-0.15, -0.1) is 0 Å². The summed E-state index contributed by atoms with van der Waals surface area (Å²) in [5.41, 5.74) is 3.35. The van der Waals surface area contributed by atoms with Crippen molar-refractivity contribution in [3.63, 3.8) is 0 Å². The van der Waals surface area contributed by atoms with Crippen molar-refractivity contribution in [1.82, 2.24) is 0 Å². The maximum atomic E-state index is 13.3. The Labute approximate surface area is 254 Å². The van der Waals surface area contributed by atoms with Crippen LogP contribution in [0.4, 0.5) is 0 Å². The molecule has 8 atom stereocenters. The molecule has 4 heteroatoms. The minimum absolute atomic E-state index is 0.0114. The zero-order valence-corrected chi connectivity index (χ0v) is 27.4. The zero-order chi connectivity index (χ0) is 30.5. The molecule has 4 fully saturated rings. The number of hydrogen-bond donors (Lipinski definition) is 1. The minimum Gasteiger partial charge on any atom is -0.478 e. The fourth-order valence-electron chi connectivity index (χ4n) is 11.7. The Bertz CT molecular complexity index is 1320. The van der Waals surface area contributed by atoms with Crippen LogP contribution in [0.3, 0.4) is 0 Å². The average Bonchev–Trinajstić information content (AvgIpc) is 2.91. The van der Waals surface area contributed by atoms with Crippen molar-refractivity contribution in [3.05, 3.63) is 47.0 Å². The highest BCUT2D eigenvalue weighted by molar-refractivity contribution is 6.02. The molecule has 0 bridgehead atoms. The second kappa shape index (κ2) is 9.45. The van der Waals surface area contributed by atoms with E-state index in [2.05, 4.69) is 61.5 Å². The predicted octanol–water partition coefficient (Wildman–Crippen LogP) is 9.73. The van der Waals surface area contributed by atoms with Gasteiger partial charge in [-0.25, -0.2) is 9.59 Å². The van der Waals surface area contributed by atoms with Crippen molar-refractivity contribution in [1.29, 1.82) is 0 Å². The van der Waals surface area contributed by atoms with Crippen LogP contribution in [0, 0.1) is 50.2 Å². The molecule has 4 nitrogen and oxygen atoms in total. The molecule has 230 valence electrons. The fourth-order valence-corrected chi connectivity index (χ4v) is 11.7. The topological polar surface area (TPSA) is 63.6 Å². The summed E-state index contributed by atoms with van der Waals surface area (Å²) < 4.78 is 6.22. The molecule has 42 heavy (non-hydrogen) atoms. The van der Waals surface area contributed by atoms with Crippen molar-refractivity contribution in [2.75, 3.05) is 0 Å². The van der Waals surface area contributed by atoms with Crippen molar-refractivity contribution in [2.45, 2.75) is 126 Å². The molecule has 0 spiro atoms. The summed E-state index contributed by atoms with van der Waals surface area (Å²) in [6, 6.07) is 6.42. The molecule has 5 aliphatic rings. The lowest BCUT2D eigenvalue weighted by Gasteiger charge is -2.71. The number of carboxylic acids is 1. The summed E-state index contributed by atoms with van der Waals surface area (Å²) in [4.78, 5) is 25.1. The lowest BCUT2D eigenvalue weighted by molar-refractivity contribution is -0.203. The molecule has 0 heterocycles. The Morgan fingerprint density at radius 3 is 2.17 bits per heavy atom. The molecular formula is C38H54O4. The van der Waals surface area contributed by atoms with Crippen LogP contribution in [-0.2, 0) is 4.74 Å². The SMILES string of the molecule is CC1(C)CC[C@]2(C)CC[C@]3(C)C(=CC[C@@H]4[C@@]5(C)CC[C@H](OC(=O)c6ccccc6C(=O)O)C(C)(C)[C@@H]5CC[C@]43C)[C@@H]2C1. The van der Waals surface area contributed by atoms with Crippen LogP contribution in [0.15, 0.2) is 35.9 Å². The summed E-state index contributed by atoms with van der Waals surface area (Å²) in [6.07, 6.45) is 14.7. The van der Waals surface area contributed by atoms with E-state index in [0.717, 1.165) is 19.3 Å². The number of ether oxygens (including phenoxy) is 1. The van der Waals surface area contributed by atoms with Crippen LogP contribution >= 0.6 is 0 Å². The molecule has 0 aromatic heterocycles. The number of carboxylic acid groups (broad SMARTS) is 1. The van der Waals surface area contributed by atoms with E-state index >= 15 is 0 Å². The molecular weight excluding hydrogens is 520 g/mol. The number of benzene rings is 1. The van der Waals surface area contributed by atoms with Crippen molar-refractivity contribution in [3.8, 4) is 0 Å². The molecule has 0 amide bonds. The summed E-state index contributed by atoms with van der Waals surface area (Å²) in [5, 5.41) is 9.64. The number of hydrogen-bond acceptors (Lipinski definition) is 3. The van der Waals surface area contributed by atoms with E-state index in [0.29, 0.717) is 28.6 Å². The lowest BCUT2D eigenvalue weighted by atomic mass is 9.33. The van der Waals surface area contributed by atoms with Gasteiger partial charge in [-0.3, -0.25) is 0 Å². The summed E-state index contributed by atoms with van der Waals surface area (Å²) >= 11 is 0. The van der Waals surface area contributed by atoms with Crippen molar-refractivity contribution < 1.29 is 19.4 Å². The number of carbonyl (C=O) groups excluding carboxylic acids is 1. The van der Waals surface area contributed by atoms with E-state index in [1.54, 1.807) is 18.2 Å². The van der Waals surface area contributed by atoms with Crippen LogP contribution in [0.25, 0.3) is 0 Å². The third-order valence-electron chi connectivity index (χ3n) is 14.6. The standard InChI is InChI=1S/C38H54O4/c1-33(2)19-20-35(5)21-22-37(7)26(27(35)23-33)13-14-29-36(6)17-16-30(34(3,4)28(36)15-18-38(29,37)8)42-32(41)25-12-10-9-11-24(25)31(39)40/h9-13,27-30H,14-23H2,1-8H3,(H,39,40)/t27-,28-,29+,30-,35+,36-,37+,38+/m0/s1. The van der Waals surface area contributed by atoms with Gasteiger partial charge in [0, 0.05) is 5.41 Å². The van der Waals surface area contributed by atoms with Crippen molar-refractivity contribution in [2.24, 2.45) is 50.2 Å².